The Kier molecular flexibility index (Phi) is 2.83. The lowest BCUT2D eigenvalue weighted by Gasteiger charge is -2.16. The third-order valence-corrected chi connectivity index (χ3v) is 3.11. The summed E-state index contributed by atoms with van der Waals surface area (Å²) >= 11 is 0. The third kappa shape index (κ3) is 1.76. The minimum Gasteiger partial charge on any atom is -0.480 e. The fraction of sp³-hybridized carbons (Fsp3) is 0.417. The van der Waals surface area contributed by atoms with Gasteiger partial charge in [0, 0.05) is 5.69 Å². The summed E-state index contributed by atoms with van der Waals surface area (Å²) in [5, 5.41) is 12.1. The molecule has 1 heterocycles. The van der Waals surface area contributed by atoms with Crippen LogP contribution in [0.3, 0.4) is 0 Å². The van der Waals surface area contributed by atoms with E-state index >= 15 is 0 Å². The van der Waals surface area contributed by atoms with Crippen LogP contribution in [0.2, 0.25) is 0 Å². The van der Waals surface area contributed by atoms with E-state index in [9.17, 15) is 4.79 Å². The molecule has 0 spiro atoms. The Bertz CT molecular complexity index is 417. The number of aliphatic carboxylic acids is 1. The maximum atomic E-state index is 10.8. The van der Waals surface area contributed by atoms with Gasteiger partial charge in [0.05, 0.1) is 6.04 Å². The number of aryl methyl sites for hydroxylation is 1. The van der Waals surface area contributed by atoms with Crippen molar-refractivity contribution in [3.63, 3.8) is 0 Å². The lowest BCUT2D eigenvalue weighted by molar-refractivity contribution is -0.138. The third-order valence-electron chi connectivity index (χ3n) is 3.11. The summed E-state index contributed by atoms with van der Waals surface area (Å²) in [5.74, 6) is -0.955. The fourth-order valence-corrected chi connectivity index (χ4v) is 2.17. The van der Waals surface area contributed by atoms with Crippen LogP contribution in [0.25, 0.3) is 0 Å². The number of nitrogens with two attached hydrogens (primary N) is 1. The Balaban J connectivity index is 2.24. The van der Waals surface area contributed by atoms with Gasteiger partial charge in [-0.3, -0.25) is 4.79 Å². The van der Waals surface area contributed by atoms with Crippen molar-refractivity contribution >= 4 is 11.7 Å². The standard InChI is InChI=1S/C12H16N2O2/c1-2-7-4-3-5-8-6-9(14-11(7)8)10(13)12(15)16/h3-5,9-10,14H,2,6,13H2,1H3,(H,15,16). The molecule has 4 nitrogen and oxygen atoms in total. The Morgan fingerprint density at radius 1 is 1.69 bits per heavy atom. The molecule has 0 saturated heterocycles. The van der Waals surface area contributed by atoms with Crippen LogP contribution in [-0.4, -0.2) is 23.2 Å². The second-order valence-electron chi connectivity index (χ2n) is 4.12. The largest absolute Gasteiger partial charge is 0.480 e. The second kappa shape index (κ2) is 4.14. The number of benzene rings is 1. The summed E-state index contributed by atoms with van der Waals surface area (Å²) < 4.78 is 0. The maximum Gasteiger partial charge on any atom is 0.322 e. The molecule has 1 aromatic rings. The van der Waals surface area contributed by atoms with E-state index in [1.54, 1.807) is 0 Å². The predicted octanol–water partition coefficient (Wildman–Crippen LogP) is 0.997. The highest BCUT2D eigenvalue weighted by Crippen LogP contribution is 2.30. The molecule has 0 aliphatic carbocycles. The molecule has 0 saturated carbocycles. The van der Waals surface area contributed by atoms with Gasteiger partial charge in [0.1, 0.15) is 6.04 Å². The summed E-state index contributed by atoms with van der Waals surface area (Å²) in [6, 6.07) is 5.04. The quantitative estimate of drug-likeness (QED) is 0.710. The summed E-state index contributed by atoms with van der Waals surface area (Å²) in [4.78, 5) is 10.8. The average molecular weight is 220 g/mol. The first-order valence-corrected chi connectivity index (χ1v) is 5.49. The monoisotopic (exact) mass is 220 g/mol. The molecule has 0 radical (unpaired) electrons. The lowest BCUT2D eigenvalue weighted by atomic mass is 10.0. The summed E-state index contributed by atoms with van der Waals surface area (Å²) in [5.41, 5.74) is 9.09. The molecule has 1 aliphatic rings. The van der Waals surface area contributed by atoms with Crippen LogP contribution in [-0.2, 0) is 17.6 Å². The normalized spacial score (nSPS) is 20.0. The van der Waals surface area contributed by atoms with E-state index in [1.807, 2.05) is 12.1 Å². The van der Waals surface area contributed by atoms with Gasteiger partial charge in [0.2, 0.25) is 0 Å². The number of hydrogen-bond donors (Lipinski definition) is 3. The van der Waals surface area contributed by atoms with E-state index in [-0.39, 0.29) is 6.04 Å². The first-order chi connectivity index (χ1) is 7.63. The molecule has 0 fully saturated rings. The minimum absolute atomic E-state index is 0.194. The predicted molar refractivity (Wildman–Crippen MR) is 62.5 cm³/mol. The molecule has 86 valence electrons. The van der Waals surface area contributed by atoms with Crippen LogP contribution in [0.1, 0.15) is 18.1 Å². The van der Waals surface area contributed by atoms with Crippen molar-refractivity contribution in [2.75, 3.05) is 5.32 Å². The smallest absolute Gasteiger partial charge is 0.322 e. The van der Waals surface area contributed by atoms with Gasteiger partial charge in [-0.2, -0.15) is 0 Å². The molecule has 16 heavy (non-hydrogen) atoms. The van der Waals surface area contributed by atoms with E-state index in [2.05, 4.69) is 18.3 Å². The van der Waals surface area contributed by atoms with E-state index in [0.29, 0.717) is 6.42 Å². The lowest BCUT2D eigenvalue weighted by Crippen LogP contribution is -2.45. The molecular formula is C12H16N2O2. The van der Waals surface area contributed by atoms with Gasteiger partial charge < -0.3 is 16.2 Å². The zero-order chi connectivity index (χ0) is 11.7. The van der Waals surface area contributed by atoms with Crippen molar-refractivity contribution < 1.29 is 9.90 Å². The number of hydrogen-bond acceptors (Lipinski definition) is 3. The first-order valence-electron chi connectivity index (χ1n) is 5.49. The molecule has 0 bridgehead atoms. The molecule has 4 N–H and O–H groups in total. The van der Waals surface area contributed by atoms with Gasteiger partial charge in [-0.15, -0.1) is 0 Å². The van der Waals surface area contributed by atoms with Gasteiger partial charge in [0.25, 0.3) is 0 Å². The molecule has 2 rings (SSSR count). The van der Waals surface area contributed by atoms with E-state index in [4.69, 9.17) is 10.8 Å². The number of nitrogens with one attached hydrogen (secondary N) is 1. The van der Waals surface area contributed by atoms with Gasteiger partial charge in [0.15, 0.2) is 0 Å². The van der Waals surface area contributed by atoms with Crippen molar-refractivity contribution in [2.45, 2.75) is 31.8 Å². The molecule has 2 atom stereocenters. The Morgan fingerprint density at radius 3 is 3.06 bits per heavy atom. The summed E-state index contributed by atoms with van der Waals surface area (Å²) in [7, 11) is 0. The molecule has 4 heteroatoms. The van der Waals surface area contributed by atoms with Crippen LogP contribution in [0.15, 0.2) is 18.2 Å². The topological polar surface area (TPSA) is 75.3 Å². The SMILES string of the molecule is CCc1cccc2c1NC(C(N)C(=O)O)C2. The number of carbonyl (C=O) groups is 1. The van der Waals surface area contributed by atoms with Gasteiger partial charge in [-0.05, 0) is 24.0 Å². The summed E-state index contributed by atoms with van der Waals surface area (Å²) in [6.07, 6.45) is 1.63. The number of carboxylic acids is 1. The Hall–Kier alpha value is -1.55. The average Bonchev–Trinajstić information content (AvgIpc) is 2.70. The number of fused-ring (bicyclic) bond motifs is 1. The summed E-state index contributed by atoms with van der Waals surface area (Å²) in [6.45, 7) is 2.09. The van der Waals surface area contributed by atoms with Gasteiger partial charge in [-0.1, -0.05) is 25.1 Å². The first kappa shape index (κ1) is 11.0. The maximum absolute atomic E-state index is 10.8. The van der Waals surface area contributed by atoms with Crippen molar-refractivity contribution in [1.82, 2.24) is 0 Å². The van der Waals surface area contributed by atoms with Crippen molar-refractivity contribution in [3.05, 3.63) is 29.3 Å². The highest BCUT2D eigenvalue weighted by atomic mass is 16.4. The molecule has 2 unspecified atom stereocenters. The molecule has 1 aromatic carbocycles. The van der Waals surface area contributed by atoms with Crippen LogP contribution in [0.5, 0.6) is 0 Å². The van der Waals surface area contributed by atoms with Gasteiger partial charge in [-0.25, -0.2) is 0 Å². The van der Waals surface area contributed by atoms with Crippen LogP contribution in [0, 0.1) is 0 Å². The van der Waals surface area contributed by atoms with Crippen LogP contribution >= 0.6 is 0 Å². The van der Waals surface area contributed by atoms with Gasteiger partial charge >= 0.3 is 5.97 Å². The van der Waals surface area contributed by atoms with Crippen LogP contribution < -0.4 is 11.1 Å². The Labute approximate surface area is 94.5 Å². The van der Waals surface area contributed by atoms with Crippen molar-refractivity contribution in [3.8, 4) is 0 Å². The zero-order valence-corrected chi connectivity index (χ0v) is 9.23. The van der Waals surface area contributed by atoms with Crippen LogP contribution in [0.4, 0.5) is 5.69 Å². The van der Waals surface area contributed by atoms with Crippen molar-refractivity contribution in [1.29, 1.82) is 0 Å². The number of para-hydroxylation sites is 1. The molecule has 0 amide bonds. The zero-order valence-electron chi connectivity index (χ0n) is 9.23. The van der Waals surface area contributed by atoms with E-state index < -0.39 is 12.0 Å². The minimum atomic E-state index is -0.955. The van der Waals surface area contributed by atoms with E-state index in [0.717, 1.165) is 12.1 Å². The number of carboxylic acid groups (broad SMARTS) is 1. The highest BCUT2D eigenvalue weighted by Gasteiger charge is 2.30. The second-order valence-corrected chi connectivity index (χ2v) is 4.12. The van der Waals surface area contributed by atoms with E-state index in [1.165, 1.54) is 11.1 Å². The van der Waals surface area contributed by atoms with Crippen molar-refractivity contribution in [2.24, 2.45) is 5.73 Å². The number of anilines is 1. The molecule has 0 aromatic heterocycles. The Morgan fingerprint density at radius 2 is 2.44 bits per heavy atom. The fourth-order valence-electron chi connectivity index (χ4n) is 2.17. The number of rotatable bonds is 3. The molecular weight excluding hydrogens is 204 g/mol. The highest BCUT2D eigenvalue weighted by molar-refractivity contribution is 5.76. The molecule has 1 aliphatic heterocycles.